The number of rotatable bonds is 3. The molecule has 0 radical (unpaired) electrons. The molecule has 0 aromatic heterocycles. The first-order valence-corrected chi connectivity index (χ1v) is 5.43. The zero-order valence-corrected chi connectivity index (χ0v) is 9.93. The molecule has 0 amide bonds. The molecular weight excluding hydrogens is 268 g/mol. The molecule has 0 unspecified atom stereocenters. The fourth-order valence-corrected chi connectivity index (χ4v) is 1.61. The molecule has 2 aromatic carbocycles. The fraction of sp³-hybridized carbons (Fsp3) is 0. The zero-order valence-electron chi connectivity index (χ0n) is 9.93. The molecule has 0 fully saturated rings. The summed E-state index contributed by atoms with van der Waals surface area (Å²) in [6.07, 6.45) is 0. The molecule has 100 valence electrons. The Bertz CT molecular complexity index is 723. The van der Waals surface area contributed by atoms with Crippen molar-refractivity contribution in [2.75, 3.05) is 0 Å². The Morgan fingerprint density at radius 3 is 2.30 bits per heavy atom. The number of nitrogens with zero attached hydrogens (tertiary/aromatic N) is 1. The molecule has 6 heteroatoms. The van der Waals surface area contributed by atoms with Crippen molar-refractivity contribution in [1.82, 2.24) is 0 Å². The summed E-state index contributed by atoms with van der Waals surface area (Å²) < 4.78 is 32.0. The number of nitriles is 1. The molecule has 2 aromatic rings. The van der Waals surface area contributed by atoms with Crippen molar-refractivity contribution in [2.45, 2.75) is 0 Å². The third kappa shape index (κ3) is 2.42. The maximum atomic E-state index is 13.5. The van der Waals surface area contributed by atoms with Crippen LogP contribution >= 0.6 is 0 Å². The molecule has 0 aliphatic carbocycles. The number of hydrogen-bond donors (Lipinski definition) is 1. The summed E-state index contributed by atoms with van der Waals surface area (Å²) in [5, 5.41) is 17.8. The highest BCUT2D eigenvalue weighted by Gasteiger charge is 2.19. The van der Waals surface area contributed by atoms with E-state index >= 15 is 0 Å². The smallest absolute Gasteiger partial charge is 0.342 e. The van der Waals surface area contributed by atoms with E-state index in [1.807, 2.05) is 0 Å². The van der Waals surface area contributed by atoms with Crippen LogP contribution in [0.15, 0.2) is 36.4 Å². The predicted octanol–water partition coefficient (Wildman–Crippen LogP) is 3.33. The Balaban J connectivity index is 2.52. The van der Waals surface area contributed by atoms with Gasteiger partial charge in [0.25, 0.3) is 0 Å². The number of carboxylic acid groups (broad SMARTS) is 1. The van der Waals surface area contributed by atoms with Gasteiger partial charge in [0, 0.05) is 0 Å². The third-order valence-electron chi connectivity index (χ3n) is 2.50. The minimum Gasteiger partial charge on any atom is -0.477 e. The van der Waals surface area contributed by atoms with Crippen LogP contribution in [0.2, 0.25) is 0 Å². The lowest BCUT2D eigenvalue weighted by atomic mass is 10.1. The van der Waals surface area contributed by atoms with Gasteiger partial charge in [-0.1, -0.05) is 12.1 Å². The van der Waals surface area contributed by atoms with Crippen molar-refractivity contribution in [3.05, 3.63) is 59.2 Å². The van der Waals surface area contributed by atoms with Crippen molar-refractivity contribution < 1.29 is 23.4 Å². The number of halogens is 2. The zero-order chi connectivity index (χ0) is 14.7. The molecule has 0 saturated carbocycles. The Kier molecular flexibility index (Phi) is 3.62. The van der Waals surface area contributed by atoms with E-state index in [-0.39, 0.29) is 17.1 Å². The Labute approximate surface area is 112 Å². The summed E-state index contributed by atoms with van der Waals surface area (Å²) >= 11 is 0. The summed E-state index contributed by atoms with van der Waals surface area (Å²) in [6.45, 7) is 0. The van der Waals surface area contributed by atoms with Crippen LogP contribution < -0.4 is 4.74 Å². The lowest BCUT2D eigenvalue weighted by Crippen LogP contribution is -2.04. The normalized spacial score (nSPS) is 9.85. The van der Waals surface area contributed by atoms with Gasteiger partial charge in [-0.3, -0.25) is 0 Å². The van der Waals surface area contributed by atoms with Gasteiger partial charge in [-0.2, -0.15) is 5.26 Å². The molecule has 0 aliphatic rings. The summed E-state index contributed by atoms with van der Waals surface area (Å²) in [7, 11) is 0. The first-order valence-electron chi connectivity index (χ1n) is 5.43. The summed E-state index contributed by atoms with van der Waals surface area (Å²) in [6, 6.07) is 8.70. The second kappa shape index (κ2) is 5.36. The van der Waals surface area contributed by atoms with Crippen molar-refractivity contribution in [3.8, 4) is 17.6 Å². The average Bonchev–Trinajstić information content (AvgIpc) is 2.38. The molecule has 0 aliphatic heterocycles. The number of ether oxygens (including phenoxy) is 1. The van der Waals surface area contributed by atoms with Gasteiger partial charge in [0.15, 0.2) is 0 Å². The quantitative estimate of drug-likeness (QED) is 0.932. The Morgan fingerprint density at radius 1 is 1.10 bits per heavy atom. The lowest BCUT2D eigenvalue weighted by molar-refractivity contribution is 0.0689. The van der Waals surface area contributed by atoms with Crippen LogP contribution in [0.5, 0.6) is 11.5 Å². The molecule has 0 bridgehead atoms. The van der Waals surface area contributed by atoms with E-state index in [4.69, 9.17) is 15.1 Å². The van der Waals surface area contributed by atoms with E-state index in [0.717, 1.165) is 12.1 Å². The maximum absolute atomic E-state index is 13.5. The van der Waals surface area contributed by atoms with Crippen molar-refractivity contribution in [3.63, 3.8) is 0 Å². The average molecular weight is 275 g/mol. The van der Waals surface area contributed by atoms with Crippen LogP contribution in [0.25, 0.3) is 0 Å². The highest BCUT2D eigenvalue weighted by molar-refractivity contribution is 5.91. The van der Waals surface area contributed by atoms with E-state index < -0.39 is 23.2 Å². The van der Waals surface area contributed by atoms with E-state index in [1.165, 1.54) is 24.3 Å². The second-order valence-electron chi connectivity index (χ2n) is 3.74. The number of benzene rings is 2. The molecule has 0 heterocycles. The highest BCUT2D eigenvalue weighted by atomic mass is 19.1. The van der Waals surface area contributed by atoms with Crippen LogP contribution in [0.1, 0.15) is 15.9 Å². The standard InChI is InChI=1S/C14H7F2NO3/c15-9-3-1-5-11(8(9)7-17)20-12-6-2-4-10(16)13(12)14(18)19/h1-6H,(H,18,19). The summed E-state index contributed by atoms with van der Waals surface area (Å²) in [5.74, 6) is -3.80. The van der Waals surface area contributed by atoms with Gasteiger partial charge in [0.1, 0.15) is 40.3 Å². The van der Waals surface area contributed by atoms with Crippen LogP contribution in [-0.4, -0.2) is 11.1 Å². The Morgan fingerprint density at radius 2 is 1.70 bits per heavy atom. The number of hydrogen-bond acceptors (Lipinski definition) is 3. The van der Waals surface area contributed by atoms with E-state index in [9.17, 15) is 13.6 Å². The van der Waals surface area contributed by atoms with Gasteiger partial charge in [-0.25, -0.2) is 13.6 Å². The van der Waals surface area contributed by atoms with Crippen LogP contribution in [0, 0.1) is 23.0 Å². The minimum atomic E-state index is -1.52. The third-order valence-corrected chi connectivity index (χ3v) is 2.50. The van der Waals surface area contributed by atoms with E-state index in [2.05, 4.69) is 0 Å². The van der Waals surface area contributed by atoms with E-state index in [1.54, 1.807) is 6.07 Å². The van der Waals surface area contributed by atoms with Crippen LogP contribution in [-0.2, 0) is 0 Å². The van der Waals surface area contributed by atoms with Crippen molar-refractivity contribution in [2.24, 2.45) is 0 Å². The second-order valence-corrected chi connectivity index (χ2v) is 3.74. The van der Waals surface area contributed by atoms with Gasteiger partial charge in [-0.15, -0.1) is 0 Å². The number of aromatic carboxylic acids is 1. The summed E-state index contributed by atoms with van der Waals surface area (Å²) in [5.41, 5.74) is -1.06. The van der Waals surface area contributed by atoms with Gasteiger partial charge in [0.05, 0.1) is 0 Å². The minimum absolute atomic E-state index is 0.180. The molecule has 20 heavy (non-hydrogen) atoms. The number of carbonyl (C=O) groups is 1. The SMILES string of the molecule is N#Cc1c(F)cccc1Oc1cccc(F)c1C(=O)O. The van der Waals surface area contributed by atoms with Crippen molar-refractivity contribution >= 4 is 5.97 Å². The maximum Gasteiger partial charge on any atom is 0.342 e. The topological polar surface area (TPSA) is 70.3 Å². The molecule has 2 rings (SSSR count). The molecule has 4 nitrogen and oxygen atoms in total. The van der Waals surface area contributed by atoms with Crippen LogP contribution in [0.3, 0.4) is 0 Å². The first kappa shape index (κ1) is 13.5. The molecule has 0 atom stereocenters. The first-order chi connectivity index (χ1) is 9.54. The molecule has 1 N–H and O–H groups in total. The van der Waals surface area contributed by atoms with Crippen LogP contribution in [0.4, 0.5) is 8.78 Å². The monoisotopic (exact) mass is 275 g/mol. The molecule has 0 spiro atoms. The van der Waals surface area contributed by atoms with Gasteiger partial charge < -0.3 is 9.84 Å². The van der Waals surface area contributed by atoms with E-state index in [0.29, 0.717) is 0 Å². The van der Waals surface area contributed by atoms with Gasteiger partial charge in [-0.05, 0) is 24.3 Å². The summed E-state index contributed by atoms with van der Waals surface area (Å²) in [4.78, 5) is 11.0. The fourth-order valence-electron chi connectivity index (χ4n) is 1.61. The lowest BCUT2D eigenvalue weighted by Gasteiger charge is -2.10. The highest BCUT2D eigenvalue weighted by Crippen LogP contribution is 2.30. The molecular formula is C14H7F2NO3. The predicted molar refractivity (Wildman–Crippen MR) is 64.5 cm³/mol. The molecule has 0 saturated heterocycles. The number of carboxylic acids is 1. The van der Waals surface area contributed by atoms with Gasteiger partial charge >= 0.3 is 5.97 Å². The van der Waals surface area contributed by atoms with Crippen molar-refractivity contribution in [1.29, 1.82) is 5.26 Å². The Hall–Kier alpha value is -2.94. The van der Waals surface area contributed by atoms with Gasteiger partial charge in [0.2, 0.25) is 0 Å². The largest absolute Gasteiger partial charge is 0.477 e.